The molecule has 11 aliphatic rings. The van der Waals surface area contributed by atoms with E-state index in [0.29, 0.717) is 53.4 Å². The maximum atomic E-state index is 4.09. The Hall–Kier alpha value is -6.12. The van der Waals surface area contributed by atoms with Crippen LogP contribution in [0.15, 0.2) is 250 Å². The lowest BCUT2D eigenvalue weighted by atomic mass is 9.60. The van der Waals surface area contributed by atoms with Gasteiger partial charge in [-0.2, -0.15) is 0 Å². The van der Waals surface area contributed by atoms with Crippen molar-refractivity contribution in [2.45, 2.75) is 83.8 Å². The molecule has 0 saturated carbocycles. The van der Waals surface area contributed by atoms with Gasteiger partial charge in [0.05, 0.1) is 6.04 Å². The Kier molecular flexibility index (Phi) is 11.5. The second-order valence-corrected chi connectivity index (χ2v) is 21.0. The molecule has 1 saturated heterocycles. The van der Waals surface area contributed by atoms with Crippen LogP contribution in [0.5, 0.6) is 0 Å². The highest BCUT2D eigenvalue weighted by atomic mass is 15.3. The Labute approximate surface area is 400 Å². The van der Waals surface area contributed by atoms with E-state index in [9.17, 15) is 0 Å². The average molecular weight is 875 g/mol. The van der Waals surface area contributed by atoms with Crippen molar-refractivity contribution >= 4 is 5.57 Å². The second-order valence-electron chi connectivity index (χ2n) is 21.0. The molecule has 12 rings (SSSR count). The minimum absolute atomic E-state index is 0.0672. The minimum atomic E-state index is 0.0672. The molecule has 2 nitrogen and oxygen atoms in total. The van der Waals surface area contributed by atoms with E-state index in [4.69, 9.17) is 0 Å². The summed E-state index contributed by atoms with van der Waals surface area (Å²) in [6, 6.07) is 11.3. The van der Waals surface area contributed by atoms with Gasteiger partial charge in [0.25, 0.3) is 0 Å². The monoisotopic (exact) mass is 875 g/mol. The van der Waals surface area contributed by atoms with Crippen LogP contribution in [0.3, 0.4) is 0 Å². The third-order valence-electron chi connectivity index (χ3n) is 17.2. The zero-order valence-corrected chi connectivity index (χ0v) is 39.5. The molecule has 1 aromatic rings. The van der Waals surface area contributed by atoms with Crippen LogP contribution in [0, 0.1) is 47.3 Å². The van der Waals surface area contributed by atoms with Crippen molar-refractivity contribution in [3.63, 3.8) is 0 Å². The third kappa shape index (κ3) is 8.05. The molecule has 2 heteroatoms. The predicted octanol–water partition coefficient (Wildman–Crippen LogP) is 15.3. The van der Waals surface area contributed by atoms with Crippen molar-refractivity contribution in [3.8, 4) is 0 Å². The van der Waals surface area contributed by atoms with Gasteiger partial charge >= 0.3 is 0 Å². The van der Waals surface area contributed by atoms with E-state index in [1.165, 1.54) is 52.1 Å². The lowest BCUT2D eigenvalue weighted by Gasteiger charge is -2.44. The number of hydrogen-bond acceptors (Lipinski definition) is 2. The third-order valence-corrected chi connectivity index (χ3v) is 17.2. The summed E-state index contributed by atoms with van der Waals surface area (Å²) in [6.45, 7) is 5.00. The summed E-state index contributed by atoms with van der Waals surface area (Å²) >= 11 is 0. The first-order valence-electron chi connectivity index (χ1n) is 25.8. The first-order chi connectivity index (χ1) is 33.0. The van der Waals surface area contributed by atoms with Gasteiger partial charge in [0.2, 0.25) is 0 Å². The van der Waals surface area contributed by atoms with E-state index in [2.05, 4.69) is 212 Å². The summed E-state index contributed by atoms with van der Waals surface area (Å²) in [4.78, 5) is 2.73. The van der Waals surface area contributed by atoms with Gasteiger partial charge < -0.3 is 10.2 Å². The number of allylic oxidation sites excluding steroid dienone is 34. The summed E-state index contributed by atoms with van der Waals surface area (Å²) in [5.41, 5.74) is 19.4. The number of hydrogen-bond donors (Lipinski definition) is 1. The molecular formula is C65H66N2. The fourth-order valence-corrected chi connectivity index (χ4v) is 13.6. The lowest BCUT2D eigenvalue weighted by Crippen LogP contribution is -2.48. The maximum absolute atomic E-state index is 4.09. The van der Waals surface area contributed by atoms with Crippen molar-refractivity contribution in [2.24, 2.45) is 47.3 Å². The van der Waals surface area contributed by atoms with Crippen LogP contribution in [-0.4, -0.2) is 17.1 Å². The molecule has 67 heavy (non-hydrogen) atoms. The second kappa shape index (κ2) is 18.2. The Morgan fingerprint density at radius 2 is 1.45 bits per heavy atom. The van der Waals surface area contributed by atoms with Crippen LogP contribution in [0.4, 0.5) is 0 Å². The molecule has 9 unspecified atom stereocenters. The van der Waals surface area contributed by atoms with Gasteiger partial charge in [-0.3, -0.25) is 0 Å². The highest BCUT2D eigenvalue weighted by Crippen LogP contribution is 2.54. The van der Waals surface area contributed by atoms with E-state index in [0.717, 1.165) is 44.9 Å². The molecule has 0 radical (unpaired) electrons. The number of dihydropyridines is 1. The molecule has 336 valence electrons. The van der Waals surface area contributed by atoms with Gasteiger partial charge in [0.15, 0.2) is 0 Å². The van der Waals surface area contributed by atoms with E-state index in [-0.39, 0.29) is 6.17 Å². The quantitative estimate of drug-likeness (QED) is 0.280. The highest BCUT2D eigenvalue weighted by Gasteiger charge is 2.48. The number of benzene rings is 1. The molecule has 2 heterocycles. The SMILES string of the molecule is CC1=C(C2C=CC=CC2)C=C(C2=CCCC=C2)C=C([C@H](C)C2CC3=C(C=C(C4=CC=C5C(C4)C4C=CC=CC4N5C4C=C(c5ccccc5)C=C(C5C=CC=CC5)N4)CC3)C3C=CC=CC32)C1. The van der Waals surface area contributed by atoms with Crippen LogP contribution < -0.4 is 5.32 Å². The van der Waals surface area contributed by atoms with Crippen molar-refractivity contribution in [1.82, 2.24) is 10.2 Å². The van der Waals surface area contributed by atoms with Crippen LogP contribution in [-0.2, 0) is 0 Å². The summed E-state index contributed by atoms with van der Waals surface area (Å²) < 4.78 is 0. The predicted molar refractivity (Wildman–Crippen MR) is 281 cm³/mol. The van der Waals surface area contributed by atoms with Crippen LogP contribution >= 0.6 is 0 Å². The Balaban J connectivity index is 0.842. The average Bonchev–Trinajstić information content (AvgIpc) is 3.62. The van der Waals surface area contributed by atoms with Crippen LogP contribution in [0.2, 0.25) is 0 Å². The zero-order chi connectivity index (χ0) is 44.8. The van der Waals surface area contributed by atoms with Gasteiger partial charge in [0, 0.05) is 41.0 Å². The molecule has 0 spiro atoms. The Morgan fingerprint density at radius 1 is 0.657 bits per heavy atom. The summed E-state index contributed by atoms with van der Waals surface area (Å²) in [5.74, 6) is 3.69. The molecule has 1 fully saturated rings. The molecule has 0 bridgehead atoms. The number of rotatable bonds is 8. The summed E-state index contributed by atoms with van der Waals surface area (Å²) in [5, 5.41) is 4.09. The van der Waals surface area contributed by atoms with E-state index in [1.54, 1.807) is 33.4 Å². The summed E-state index contributed by atoms with van der Waals surface area (Å²) in [6.07, 6.45) is 72.8. The fraction of sp³-hybridized carbons (Fsp3) is 0.323. The van der Waals surface area contributed by atoms with Gasteiger partial charge in [-0.05, 0) is 145 Å². The molecule has 1 N–H and O–H groups in total. The highest BCUT2D eigenvalue weighted by molar-refractivity contribution is 5.76. The number of likely N-dealkylation sites (tertiary alicyclic amines) is 1. The smallest absolute Gasteiger partial charge is 0.119 e. The van der Waals surface area contributed by atoms with Gasteiger partial charge in [-0.1, -0.05) is 194 Å². The van der Waals surface area contributed by atoms with Gasteiger partial charge in [-0.15, -0.1) is 0 Å². The largest absolute Gasteiger partial charge is 0.365 e. The van der Waals surface area contributed by atoms with Crippen LogP contribution in [0.25, 0.3) is 5.57 Å². The first-order valence-corrected chi connectivity index (χ1v) is 25.8. The minimum Gasteiger partial charge on any atom is -0.365 e. The van der Waals surface area contributed by atoms with Gasteiger partial charge in [0.1, 0.15) is 6.17 Å². The maximum Gasteiger partial charge on any atom is 0.119 e. The van der Waals surface area contributed by atoms with Crippen molar-refractivity contribution in [3.05, 3.63) is 255 Å². The fourth-order valence-electron chi connectivity index (χ4n) is 13.6. The molecule has 0 amide bonds. The lowest BCUT2D eigenvalue weighted by molar-refractivity contribution is 0.240. The standard InChI is InChI=1S/C65H66N2/c1-43-35-52(36-53(45-19-7-3-8-20-45)40-58(43)47-23-11-5-12-24-47)44(2)59-39-51-32-31-49(37-60(51)56-28-16-15-27-55(56)59)50-33-34-64-61(38-50)57-29-17-18-30-63(57)67(64)65-42-54(46-21-9-4-10-22-46)41-62(66-65)48-25-13-6-14-26-48/h4-7,9-23,25,27-30,33-34,36-37,40-42,44,47-48,55-57,59,61,63,65-66H,3,8,24,26,31-32,35,38-39H2,1-2H3/t44-,47?,48?,55?,56?,57?,59?,61?,63?,65?/m0/s1. The van der Waals surface area contributed by atoms with Gasteiger partial charge in [-0.25, -0.2) is 0 Å². The molecule has 0 aromatic heterocycles. The van der Waals surface area contributed by atoms with Crippen molar-refractivity contribution in [2.75, 3.05) is 0 Å². The van der Waals surface area contributed by atoms with E-state index in [1.807, 2.05) is 0 Å². The molecular weight excluding hydrogens is 809 g/mol. The van der Waals surface area contributed by atoms with Crippen molar-refractivity contribution in [1.29, 1.82) is 0 Å². The first kappa shape index (κ1) is 42.2. The Bertz CT molecular complexity index is 2810. The molecule has 10 atom stereocenters. The zero-order valence-electron chi connectivity index (χ0n) is 39.5. The van der Waals surface area contributed by atoms with Crippen molar-refractivity contribution < 1.29 is 0 Å². The van der Waals surface area contributed by atoms with E-state index >= 15 is 0 Å². The normalized spacial score (nSPS) is 32.9. The topological polar surface area (TPSA) is 15.3 Å². The number of nitrogens with one attached hydrogen (secondary N) is 1. The molecule has 2 aliphatic heterocycles. The Morgan fingerprint density at radius 3 is 2.25 bits per heavy atom. The summed E-state index contributed by atoms with van der Waals surface area (Å²) in [7, 11) is 0. The molecule has 1 aromatic carbocycles. The number of nitrogens with zero attached hydrogens (tertiary/aromatic N) is 1. The van der Waals surface area contributed by atoms with E-state index < -0.39 is 0 Å². The van der Waals surface area contributed by atoms with Crippen LogP contribution in [0.1, 0.15) is 77.2 Å². The molecule has 9 aliphatic carbocycles. The number of fused-ring (bicyclic) bond motifs is 5.